The highest BCUT2D eigenvalue weighted by Crippen LogP contribution is 2.30. The summed E-state index contributed by atoms with van der Waals surface area (Å²) in [4.78, 5) is 15.5. The van der Waals surface area contributed by atoms with Crippen LogP contribution in [0, 0.1) is 5.92 Å². The van der Waals surface area contributed by atoms with Crippen LogP contribution >= 0.6 is 27.5 Å². The molecule has 19 heavy (non-hydrogen) atoms. The highest BCUT2D eigenvalue weighted by Gasteiger charge is 2.38. The van der Waals surface area contributed by atoms with Crippen molar-refractivity contribution in [1.82, 2.24) is 9.29 Å². The van der Waals surface area contributed by atoms with E-state index in [4.69, 9.17) is 11.6 Å². The Morgan fingerprint density at radius 2 is 2.26 bits per heavy atom. The van der Waals surface area contributed by atoms with Crippen molar-refractivity contribution < 1.29 is 13.2 Å². The van der Waals surface area contributed by atoms with Gasteiger partial charge in [0.1, 0.15) is 10.0 Å². The molecule has 0 spiro atoms. The molecule has 104 valence electrons. The molecule has 0 saturated carbocycles. The fraction of sp³-hybridized carbons (Fsp3) is 0.455. The van der Waals surface area contributed by atoms with Crippen LogP contribution in [0.4, 0.5) is 0 Å². The summed E-state index contributed by atoms with van der Waals surface area (Å²) in [6.45, 7) is 2.14. The Labute approximate surface area is 125 Å². The van der Waals surface area contributed by atoms with Crippen molar-refractivity contribution in [3.63, 3.8) is 0 Å². The molecule has 1 amide bonds. The maximum atomic E-state index is 12.4. The average Bonchev–Trinajstić information content (AvgIpc) is 2.74. The van der Waals surface area contributed by atoms with Gasteiger partial charge in [0.15, 0.2) is 0 Å². The molecule has 1 unspecified atom stereocenters. The van der Waals surface area contributed by atoms with E-state index >= 15 is 0 Å². The van der Waals surface area contributed by atoms with Crippen molar-refractivity contribution >= 4 is 43.5 Å². The summed E-state index contributed by atoms with van der Waals surface area (Å²) in [6.07, 6.45) is 2.43. The molecule has 1 aliphatic rings. The molecule has 0 aromatic carbocycles. The van der Waals surface area contributed by atoms with Crippen molar-refractivity contribution in [2.24, 2.45) is 5.92 Å². The number of pyridine rings is 1. The number of sulfonamides is 1. The fourth-order valence-electron chi connectivity index (χ4n) is 1.96. The third kappa shape index (κ3) is 2.78. The van der Waals surface area contributed by atoms with Crippen LogP contribution in [0.3, 0.4) is 0 Å². The molecule has 2 rings (SSSR count). The van der Waals surface area contributed by atoms with E-state index in [9.17, 15) is 13.2 Å². The molecule has 0 radical (unpaired) electrons. The zero-order chi connectivity index (χ0) is 14.2. The van der Waals surface area contributed by atoms with Crippen molar-refractivity contribution in [2.45, 2.75) is 24.7 Å². The molecule has 1 aromatic rings. The van der Waals surface area contributed by atoms with Crippen LogP contribution in [0.15, 0.2) is 21.6 Å². The molecule has 2 heterocycles. The lowest BCUT2D eigenvalue weighted by atomic mass is 10.1. The van der Waals surface area contributed by atoms with Crippen LogP contribution in [0.1, 0.15) is 19.8 Å². The van der Waals surface area contributed by atoms with Gasteiger partial charge in [-0.1, -0.05) is 24.9 Å². The van der Waals surface area contributed by atoms with Gasteiger partial charge in [0.25, 0.3) is 10.0 Å². The van der Waals surface area contributed by atoms with E-state index in [0.29, 0.717) is 4.47 Å². The van der Waals surface area contributed by atoms with Gasteiger partial charge in [0, 0.05) is 23.6 Å². The van der Waals surface area contributed by atoms with E-state index < -0.39 is 10.0 Å². The number of nitrogens with zero attached hydrogens (tertiary/aromatic N) is 2. The molecular weight excluding hydrogens is 356 g/mol. The minimum Gasteiger partial charge on any atom is -0.274 e. The minimum atomic E-state index is -3.92. The first kappa shape index (κ1) is 14.7. The van der Waals surface area contributed by atoms with Gasteiger partial charge in [0.2, 0.25) is 5.91 Å². The molecule has 5 nitrogen and oxygen atoms in total. The van der Waals surface area contributed by atoms with Crippen LogP contribution < -0.4 is 0 Å². The van der Waals surface area contributed by atoms with Crippen LogP contribution in [-0.4, -0.2) is 30.2 Å². The Kier molecular flexibility index (Phi) is 4.17. The molecule has 1 saturated heterocycles. The zero-order valence-electron chi connectivity index (χ0n) is 10.1. The number of amides is 1. The third-order valence-electron chi connectivity index (χ3n) is 3.08. The Morgan fingerprint density at radius 3 is 2.84 bits per heavy atom. The van der Waals surface area contributed by atoms with Gasteiger partial charge in [-0.3, -0.25) is 4.79 Å². The maximum Gasteiger partial charge on any atom is 0.269 e. The van der Waals surface area contributed by atoms with Gasteiger partial charge in [0.05, 0.1) is 0 Å². The van der Waals surface area contributed by atoms with Gasteiger partial charge in [-0.2, -0.15) is 0 Å². The highest BCUT2D eigenvalue weighted by atomic mass is 79.9. The lowest BCUT2D eigenvalue weighted by Crippen LogP contribution is -2.32. The number of rotatable bonds is 3. The van der Waals surface area contributed by atoms with Gasteiger partial charge >= 0.3 is 0 Å². The summed E-state index contributed by atoms with van der Waals surface area (Å²) in [6, 6.07) is 1.36. The van der Waals surface area contributed by atoms with Crippen LogP contribution in [0.2, 0.25) is 5.15 Å². The summed E-state index contributed by atoms with van der Waals surface area (Å²) < 4.78 is 26.3. The van der Waals surface area contributed by atoms with Crippen LogP contribution in [-0.2, 0) is 14.8 Å². The summed E-state index contributed by atoms with van der Waals surface area (Å²) in [5, 5.41) is -0.129. The van der Waals surface area contributed by atoms with E-state index in [1.807, 2.05) is 6.92 Å². The molecule has 8 heteroatoms. The maximum absolute atomic E-state index is 12.4. The van der Waals surface area contributed by atoms with E-state index in [1.165, 1.54) is 12.3 Å². The average molecular weight is 368 g/mol. The predicted octanol–water partition coefficient (Wildman–Crippen LogP) is 2.44. The van der Waals surface area contributed by atoms with E-state index in [0.717, 1.165) is 10.7 Å². The summed E-state index contributed by atoms with van der Waals surface area (Å²) >= 11 is 8.98. The Morgan fingerprint density at radius 1 is 1.58 bits per heavy atom. The second-order valence-electron chi connectivity index (χ2n) is 4.35. The van der Waals surface area contributed by atoms with Crippen LogP contribution in [0.5, 0.6) is 0 Å². The Hall–Kier alpha value is -0.660. The summed E-state index contributed by atoms with van der Waals surface area (Å²) in [5.41, 5.74) is 0. The molecule has 1 atom stereocenters. The molecule has 1 fully saturated rings. The number of aromatic nitrogens is 1. The first-order chi connectivity index (χ1) is 8.86. The second-order valence-corrected chi connectivity index (χ2v) is 7.46. The standard InChI is InChI=1S/C11H12BrClN2O3S/c1-2-7-3-10(16)15(6-7)19(17,18)9-4-8(12)5-14-11(9)13/h4-5,7H,2-3,6H2,1H3. The molecule has 1 aliphatic heterocycles. The number of carbonyl (C=O) groups excluding carboxylic acids is 1. The minimum absolute atomic E-state index is 0.0705. The lowest BCUT2D eigenvalue weighted by molar-refractivity contribution is -0.123. The zero-order valence-corrected chi connectivity index (χ0v) is 13.3. The van der Waals surface area contributed by atoms with E-state index in [2.05, 4.69) is 20.9 Å². The SMILES string of the molecule is CCC1CC(=O)N(S(=O)(=O)c2cc(Br)cnc2Cl)C1. The summed E-state index contributed by atoms with van der Waals surface area (Å²) in [7, 11) is -3.92. The number of hydrogen-bond acceptors (Lipinski definition) is 4. The van der Waals surface area contributed by atoms with Crippen molar-refractivity contribution in [3.8, 4) is 0 Å². The first-order valence-electron chi connectivity index (χ1n) is 5.73. The molecule has 0 N–H and O–H groups in total. The van der Waals surface area contributed by atoms with Gasteiger partial charge in [-0.15, -0.1) is 0 Å². The number of halogens is 2. The number of hydrogen-bond donors (Lipinski definition) is 0. The van der Waals surface area contributed by atoms with Gasteiger partial charge in [-0.05, 0) is 27.9 Å². The van der Waals surface area contributed by atoms with Crippen LogP contribution in [0.25, 0.3) is 0 Å². The summed E-state index contributed by atoms with van der Waals surface area (Å²) in [5.74, 6) is -0.316. The highest BCUT2D eigenvalue weighted by molar-refractivity contribution is 9.10. The quantitative estimate of drug-likeness (QED) is 0.770. The largest absolute Gasteiger partial charge is 0.274 e. The molecular formula is C11H12BrClN2O3S. The Bertz CT molecular complexity index is 620. The fourth-order valence-corrected chi connectivity index (χ4v) is 4.37. The van der Waals surface area contributed by atoms with Crippen molar-refractivity contribution in [3.05, 3.63) is 21.9 Å². The van der Waals surface area contributed by atoms with Crippen molar-refractivity contribution in [1.29, 1.82) is 0 Å². The normalized spacial score (nSPS) is 20.1. The Balaban J connectivity index is 2.43. The monoisotopic (exact) mass is 366 g/mol. The van der Waals surface area contributed by atoms with Gasteiger partial charge in [-0.25, -0.2) is 17.7 Å². The van der Waals surface area contributed by atoms with Gasteiger partial charge < -0.3 is 0 Å². The third-order valence-corrected chi connectivity index (χ3v) is 5.73. The predicted molar refractivity (Wildman–Crippen MR) is 74.2 cm³/mol. The molecule has 1 aromatic heterocycles. The lowest BCUT2D eigenvalue weighted by Gasteiger charge is -2.17. The first-order valence-corrected chi connectivity index (χ1v) is 8.34. The molecule has 0 aliphatic carbocycles. The van der Waals surface area contributed by atoms with E-state index in [-0.39, 0.29) is 34.8 Å². The van der Waals surface area contributed by atoms with Crippen molar-refractivity contribution in [2.75, 3.05) is 6.54 Å². The topological polar surface area (TPSA) is 67.3 Å². The van der Waals surface area contributed by atoms with E-state index in [1.54, 1.807) is 0 Å². The molecule has 0 bridgehead atoms. The smallest absolute Gasteiger partial charge is 0.269 e. The second kappa shape index (κ2) is 5.38. The number of carbonyl (C=O) groups is 1.